The van der Waals surface area contributed by atoms with E-state index in [1.54, 1.807) is 5.48 Å². The highest BCUT2D eigenvalue weighted by Crippen LogP contribution is 2.27. The third kappa shape index (κ3) is 2.92. The summed E-state index contributed by atoms with van der Waals surface area (Å²) in [5.74, 6) is 0.0475. The summed E-state index contributed by atoms with van der Waals surface area (Å²) in [6.07, 6.45) is 1.10. The Balaban J connectivity index is 2.11. The Hall–Kier alpha value is -1.90. The van der Waals surface area contributed by atoms with Crippen molar-refractivity contribution in [2.45, 2.75) is 24.9 Å². The quantitative estimate of drug-likeness (QED) is 0.504. The first kappa shape index (κ1) is 13.5. The molecule has 0 unspecified atom stereocenters. The second-order valence-electron chi connectivity index (χ2n) is 4.05. The van der Waals surface area contributed by atoms with Gasteiger partial charge in [-0.15, -0.1) is 0 Å². The van der Waals surface area contributed by atoms with Gasteiger partial charge in [-0.3, -0.25) is 15.3 Å². The molecule has 0 amide bonds. The van der Waals surface area contributed by atoms with Crippen molar-refractivity contribution in [3.05, 3.63) is 35.6 Å². The number of aliphatic hydroxyl groups is 1. The molecule has 0 saturated carbocycles. The van der Waals surface area contributed by atoms with Crippen LogP contribution in [0.15, 0.2) is 29.9 Å². The van der Waals surface area contributed by atoms with Crippen LogP contribution in [0.4, 0.5) is 5.82 Å². The molecule has 19 heavy (non-hydrogen) atoms. The third-order valence-corrected chi connectivity index (χ3v) is 2.84. The van der Waals surface area contributed by atoms with Crippen molar-refractivity contribution in [1.29, 1.82) is 0 Å². The van der Waals surface area contributed by atoms with E-state index in [0.717, 1.165) is 0 Å². The lowest BCUT2D eigenvalue weighted by molar-refractivity contribution is -0.0484. The fraction of sp³-hybridized carbons (Fsp3) is 0.455. The van der Waals surface area contributed by atoms with Gasteiger partial charge in [-0.2, -0.15) is 4.98 Å². The summed E-state index contributed by atoms with van der Waals surface area (Å²) >= 11 is 0. The number of rotatable bonds is 5. The smallest absolute Gasteiger partial charge is 0.351 e. The number of aromatic nitrogens is 2. The van der Waals surface area contributed by atoms with E-state index in [9.17, 15) is 9.90 Å². The molecule has 0 aliphatic carbocycles. The van der Waals surface area contributed by atoms with Crippen LogP contribution in [0.2, 0.25) is 0 Å². The maximum Gasteiger partial charge on any atom is 0.351 e. The molecule has 3 atom stereocenters. The van der Waals surface area contributed by atoms with Gasteiger partial charge in [-0.1, -0.05) is 6.58 Å². The summed E-state index contributed by atoms with van der Waals surface area (Å²) < 4.78 is 11.8. The van der Waals surface area contributed by atoms with Gasteiger partial charge in [0.05, 0.1) is 12.4 Å². The molecule has 3 N–H and O–H groups in total. The van der Waals surface area contributed by atoms with Crippen molar-refractivity contribution in [2.75, 3.05) is 12.1 Å². The van der Waals surface area contributed by atoms with E-state index in [1.807, 2.05) is 0 Å². The molecule has 0 radical (unpaired) electrons. The average Bonchev–Trinajstić information content (AvgIpc) is 2.77. The first-order valence-corrected chi connectivity index (χ1v) is 5.71. The Labute approximate surface area is 108 Å². The fourth-order valence-corrected chi connectivity index (χ4v) is 1.89. The fourth-order valence-electron chi connectivity index (χ4n) is 1.89. The van der Waals surface area contributed by atoms with Crippen LogP contribution in [0.3, 0.4) is 0 Å². The molecular formula is C11H15N3O5. The Morgan fingerprint density at radius 2 is 2.53 bits per heavy atom. The zero-order valence-electron chi connectivity index (χ0n) is 10.1. The second kappa shape index (κ2) is 5.83. The Morgan fingerprint density at radius 3 is 3.16 bits per heavy atom. The summed E-state index contributed by atoms with van der Waals surface area (Å²) in [6, 6.07) is 1.42. The Morgan fingerprint density at radius 1 is 1.74 bits per heavy atom. The maximum atomic E-state index is 11.7. The Bertz CT molecular complexity index is 503. The summed E-state index contributed by atoms with van der Waals surface area (Å²) in [7, 11) is 0. The molecule has 1 fully saturated rings. The minimum atomic E-state index is -0.729. The number of nitrogens with one attached hydrogen (secondary N) is 1. The van der Waals surface area contributed by atoms with Gasteiger partial charge in [0, 0.05) is 12.6 Å². The number of hydrogen-bond donors (Lipinski definition) is 3. The zero-order valence-corrected chi connectivity index (χ0v) is 10.1. The molecule has 0 spiro atoms. The van der Waals surface area contributed by atoms with Crippen LogP contribution in [0.25, 0.3) is 0 Å². The summed E-state index contributed by atoms with van der Waals surface area (Å²) in [4.78, 5) is 15.3. The van der Waals surface area contributed by atoms with Gasteiger partial charge in [0.25, 0.3) is 0 Å². The van der Waals surface area contributed by atoms with Crippen LogP contribution >= 0.6 is 0 Å². The van der Waals surface area contributed by atoms with Gasteiger partial charge in [0.2, 0.25) is 0 Å². The molecule has 8 nitrogen and oxygen atoms in total. The normalized spacial score (nSPS) is 26.1. The van der Waals surface area contributed by atoms with Gasteiger partial charge in [0.1, 0.15) is 18.9 Å². The minimum absolute atomic E-state index is 0.0475. The summed E-state index contributed by atoms with van der Waals surface area (Å²) in [6.45, 7) is 3.57. The molecule has 2 heterocycles. The highest BCUT2D eigenvalue weighted by molar-refractivity contribution is 5.28. The molecule has 1 aromatic rings. The highest BCUT2D eigenvalue weighted by Gasteiger charge is 2.35. The highest BCUT2D eigenvalue weighted by atomic mass is 16.6. The van der Waals surface area contributed by atoms with Crippen LogP contribution in [0, 0.1) is 0 Å². The number of ether oxygens (including phenoxy) is 2. The molecule has 1 aliphatic rings. The second-order valence-corrected chi connectivity index (χ2v) is 4.05. The van der Waals surface area contributed by atoms with Crippen molar-refractivity contribution < 1.29 is 19.8 Å². The first-order valence-electron chi connectivity index (χ1n) is 5.71. The molecule has 1 aliphatic heterocycles. The van der Waals surface area contributed by atoms with Gasteiger partial charge in [-0.25, -0.2) is 4.79 Å². The van der Waals surface area contributed by atoms with Crippen LogP contribution in [0.1, 0.15) is 12.6 Å². The molecule has 1 aromatic heterocycles. The van der Waals surface area contributed by atoms with E-state index in [-0.39, 0.29) is 18.8 Å². The largest absolute Gasteiger partial charge is 0.499 e. The summed E-state index contributed by atoms with van der Waals surface area (Å²) in [5, 5.41) is 18.5. The predicted molar refractivity (Wildman–Crippen MR) is 64.6 cm³/mol. The standard InChI is InChI=1S/C11H15N3O5/c1-2-18-6-8-7(15)5-10(19-8)14-4-3-9(13-17)12-11(14)16/h2-4,7-8,10,15,17H,1,5-6H2,(H,12,13,16)/t7-,8+,10+/m0/s1. The molecule has 0 bridgehead atoms. The van der Waals surface area contributed by atoms with Crippen molar-refractivity contribution in [3.63, 3.8) is 0 Å². The molecule has 2 rings (SSSR count). The van der Waals surface area contributed by atoms with Crippen LogP contribution < -0.4 is 11.2 Å². The van der Waals surface area contributed by atoms with E-state index in [4.69, 9.17) is 14.7 Å². The first-order chi connectivity index (χ1) is 9.15. The van der Waals surface area contributed by atoms with Gasteiger partial charge >= 0.3 is 5.69 Å². The zero-order chi connectivity index (χ0) is 13.8. The van der Waals surface area contributed by atoms with E-state index < -0.39 is 24.1 Å². The van der Waals surface area contributed by atoms with E-state index >= 15 is 0 Å². The average molecular weight is 269 g/mol. The molecule has 104 valence electrons. The van der Waals surface area contributed by atoms with E-state index in [2.05, 4.69) is 11.6 Å². The molecule has 1 saturated heterocycles. The lowest BCUT2D eigenvalue weighted by atomic mass is 10.2. The Kier molecular flexibility index (Phi) is 4.15. The van der Waals surface area contributed by atoms with E-state index in [1.165, 1.54) is 23.1 Å². The third-order valence-electron chi connectivity index (χ3n) is 2.84. The SMILES string of the molecule is C=COC[C@H]1O[C@@H](n2ccc(NO)nc2=O)C[C@@H]1O. The topological polar surface area (TPSA) is 106 Å². The van der Waals surface area contributed by atoms with E-state index in [0.29, 0.717) is 0 Å². The van der Waals surface area contributed by atoms with Crippen LogP contribution in [-0.2, 0) is 9.47 Å². The van der Waals surface area contributed by atoms with Crippen molar-refractivity contribution in [1.82, 2.24) is 9.55 Å². The molecular weight excluding hydrogens is 254 g/mol. The maximum absolute atomic E-state index is 11.7. The molecule has 0 aromatic carbocycles. The monoisotopic (exact) mass is 269 g/mol. The lowest BCUT2D eigenvalue weighted by Crippen LogP contribution is -2.28. The minimum Gasteiger partial charge on any atom is -0.499 e. The predicted octanol–water partition coefficient (Wildman–Crippen LogP) is -0.147. The van der Waals surface area contributed by atoms with Crippen LogP contribution in [0.5, 0.6) is 0 Å². The number of hydrogen-bond acceptors (Lipinski definition) is 7. The van der Waals surface area contributed by atoms with Crippen LogP contribution in [-0.4, -0.2) is 38.7 Å². The number of aliphatic hydroxyl groups excluding tert-OH is 1. The lowest BCUT2D eigenvalue weighted by Gasteiger charge is -2.15. The number of anilines is 1. The summed E-state index contributed by atoms with van der Waals surface area (Å²) in [5.41, 5.74) is 1.20. The van der Waals surface area contributed by atoms with Gasteiger partial charge in [-0.05, 0) is 6.07 Å². The molecule has 8 heteroatoms. The van der Waals surface area contributed by atoms with Crippen molar-refractivity contribution in [2.24, 2.45) is 0 Å². The van der Waals surface area contributed by atoms with Gasteiger partial charge < -0.3 is 14.6 Å². The van der Waals surface area contributed by atoms with Crippen molar-refractivity contribution in [3.8, 4) is 0 Å². The van der Waals surface area contributed by atoms with Crippen molar-refractivity contribution >= 4 is 5.82 Å². The van der Waals surface area contributed by atoms with Gasteiger partial charge in [0.15, 0.2) is 5.82 Å². The number of nitrogens with zero attached hydrogens (tertiary/aromatic N) is 2.